The van der Waals surface area contributed by atoms with Gasteiger partial charge in [-0.25, -0.2) is 4.39 Å². The van der Waals surface area contributed by atoms with Crippen LogP contribution in [0.15, 0.2) is 41.1 Å². The predicted molar refractivity (Wildman–Crippen MR) is 72.7 cm³/mol. The summed E-state index contributed by atoms with van der Waals surface area (Å²) < 4.78 is 15.4. The van der Waals surface area contributed by atoms with E-state index in [1.807, 2.05) is 16.9 Å². The number of aryl methyl sites for hydroxylation is 1. The largest absolute Gasteiger partial charge is 0.313 e. The molecule has 1 aromatic carbocycles. The van der Waals surface area contributed by atoms with E-state index in [1.165, 1.54) is 6.07 Å². The van der Waals surface area contributed by atoms with Crippen molar-refractivity contribution in [2.24, 2.45) is 0 Å². The number of hydrogen-bond acceptors (Lipinski definition) is 2. The first-order chi connectivity index (χ1) is 8.75. The monoisotopic (exact) mass is 311 g/mol. The molecule has 0 bridgehead atoms. The summed E-state index contributed by atoms with van der Waals surface area (Å²) in [5.41, 5.74) is 1.07. The molecule has 1 heterocycles. The molecule has 0 atom stereocenters. The number of hydrogen-bond donors (Lipinski definition) is 1. The van der Waals surface area contributed by atoms with Crippen molar-refractivity contribution >= 4 is 15.9 Å². The van der Waals surface area contributed by atoms with Crippen molar-refractivity contribution in [2.45, 2.75) is 19.5 Å². The quantitative estimate of drug-likeness (QED) is 0.831. The van der Waals surface area contributed by atoms with Crippen LogP contribution in [0.2, 0.25) is 0 Å². The predicted octanol–water partition coefficient (Wildman–Crippen LogP) is 2.96. The molecule has 0 spiro atoms. The van der Waals surface area contributed by atoms with E-state index in [1.54, 1.807) is 18.3 Å². The van der Waals surface area contributed by atoms with Gasteiger partial charge in [-0.15, -0.1) is 0 Å². The lowest BCUT2D eigenvalue weighted by Gasteiger charge is -2.06. The molecular weight excluding hydrogens is 297 g/mol. The number of nitrogens with zero attached hydrogens (tertiary/aromatic N) is 2. The zero-order valence-corrected chi connectivity index (χ0v) is 11.5. The van der Waals surface area contributed by atoms with Gasteiger partial charge in [0.2, 0.25) is 0 Å². The summed E-state index contributed by atoms with van der Waals surface area (Å²) in [7, 11) is 0. The van der Waals surface area contributed by atoms with Crippen molar-refractivity contribution in [3.8, 4) is 0 Å². The SMILES string of the molecule is Fc1ccc(CNCCCn2cccn2)cc1Br. The lowest BCUT2D eigenvalue weighted by molar-refractivity contribution is 0.543. The first-order valence-corrected chi connectivity index (χ1v) is 6.67. The fourth-order valence-corrected chi connectivity index (χ4v) is 2.11. The Bertz CT molecular complexity index is 485. The van der Waals surface area contributed by atoms with E-state index in [9.17, 15) is 4.39 Å². The molecule has 0 aliphatic heterocycles. The number of rotatable bonds is 6. The van der Waals surface area contributed by atoms with Gasteiger partial charge in [0.15, 0.2) is 0 Å². The first-order valence-electron chi connectivity index (χ1n) is 5.88. The van der Waals surface area contributed by atoms with Crippen LogP contribution < -0.4 is 5.32 Å². The molecule has 0 aliphatic rings. The summed E-state index contributed by atoms with van der Waals surface area (Å²) in [4.78, 5) is 0. The highest BCUT2D eigenvalue weighted by atomic mass is 79.9. The Morgan fingerprint density at radius 1 is 1.39 bits per heavy atom. The zero-order valence-electron chi connectivity index (χ0n) is 9.94. The van der Waals surface area contributed by atoms with Crippen molar-refractivity contribution in [1.82, 2.24) is 15.1 Å². The minimum atomic E-state index is -0.225. The molecule has 0 saturated carbocycles. The third-order valence-electron chi connectivity index (χ3n) is 2.61. The van der Waals surface area contributed by atoms with Crippen LogP contribution >= 0.6 is 15.9 Å². The smallest absolute Gasteiger partial charge is 0.137 e. The van der Waals surface area contributed by atoms with Crippen LogP contribution in [-0.4, -0.2) is 16.3 Å². The van der Waals surface area contributed by atoms with Crippen molar-refractivity contribution in [2.75, 3.05) is 6.54 Å². The molecule has 0 amide bonds. The van der Waals surface area contributed by atoms with Gasteiger partial charge in [-0.3, -0.25) is 4.68 Å². The van der Waals surface area contributed by atoms with Gasteiger partial charge in [-0.05, 0) is 52.7 Å². The van der Waals surface area contributed by atoms with E-state index in [4.69, 9.17) is 0 Å². The molecule has 5 heteroatoms. The molecule has 1 aromatic heterocycles. The number of nitrogens with one attached hydrogen (secondary N) is 1. The van der Waals surface area contributed by atoms with Crippen molar-refractivity contribution in [3.05, 3.63) is 52.5 Å². The molecule has 96 valence electrons. The summed E-state index contributed by atoms with van der Waals surface area (Å²) in [6, 6.07) is 6.99. The minimum Gasteiger partial charge on any atom is -0.313 e. The van der Waals surface area contributed by atoms with Crippen LogP contribution in [0.3, 0.4) is 0 Å². The van der Waals surface area contributed by atoms with E-state index in [0.717, 1.165) is 31.6 Å². The van der Waals surface area contributed by atoms with Gasteiger partial charge >= 0.3 is 0 Å². The topological polar surface area (TPSA) is 29.9 Å². The first kappa shape index (κ1) is 13.2. The fraction of sp³-hybridized carbons (Fsp3) is 0.308. The molecule has 0 aliphatic carbocycles. The Hall–Kier alpha value is -1.20. The molecular formula is C13H15BrFN3. The van der Waals surface area contributed by atoms with Crippen LogP contribution in [0.4, 0.5) is 4.39 Å². The van der Waals surface area contributed by atoms with Crippen molar-refractivity contribution in [1.29, 1.82) is 0 Å². The van der Waals surface area contributed by atoms with Gasteiger partial charge in [-0.1, -0.05) is 6.07 Å². The molecule has 2 rings (SSSR count). The number of halogens is 2. The van der Waals surface area contributed by atoms with E-state index in [0.29, 0.717) is 4.47 Å². The molecule has 0 fully saturated rings. The molecule has 0 radical (unpaired) electrons. The molecule has 18 heavy (non-hydrogen) atoms. The maximum absolute atomic E-state index is 13.0. The van der Waals surface area contributed by atoms with Crippen molar-refractivity contribution < 1.29 is 4.39 Å². The Balaban J connectivity index is 1.67. The van der Waals surface area contributed by atoms with Gasteiger partial charge < -0.3 is 5.32 Å². The molecule has 0 unspecified atom stereocenters. The normalized spacial score (nSPS) is 10.8. The Morgan fingerprint density at radius 2 is 2.28 bits per heavy atom. The molecule has 3 nitrogen and oxygen atoms in total. The van der Waals surface area contributed by atoms with E-state index < -0.39 is 0 Å². The van der Waals surface area contributed by atoms with Crippen LogP contribution in [0, 0.1) is 5.82 Å². The van der Waals surface area contributed by atoms with Crippen molar-refractivity contribution in [3.63, 3.8) is 0 Å². The Labute approximate surface area is 114 Å². The van der Waals surface area contributed by atoms with Crippen LogP contribution in [0.5, 0.6) is 0 Å². The number of aromatic nitrogens is 2. The van der Waals surface area contributed by atoms with Gasteiger partial charge in [-0.2, -0.15) is 5.10 Å². The maximum Gasteiger partial charge on any atom is 0.137 e. The summed E-state index contributed by atoms with van der Waals surface area (Å²) >= 11 is 3.18. The lowest BCUT2D eigenvalue weighted by Crippen LogP contribution is -2.16. The highest BCUT2D eigenvalue weighted by Gasteiger charge is 2.00. The second-order valence-corrected chi connectivity index (χ2v) is 4.90. The third kappa shape index (κ3) is 3.92. The summed E-state index contributed by atoms with van der Waals surface area (Å²) in [6.07, 6.45) is 4.75. The average molecular weight is 312 g/mol. The summed E-state index contributed by atoms with van der Waals surface area (Å²) in [5.74, 6) is -0.225. The zero-order chi connectivity index (χ0) is 12.8. The molecule has 0 saturated heterocycles. The van der Waals surface area contributed by atoms with Gasteiger partial charge in [0, 0.05) is 25.5 Å². The number of benzene rings is 1. The highest BCUT2D eigenvalue weighted by molar-refractivity contribution is 9.10. The van der Waals surface area contributed by atoms with Gasteiger partial charge in [0.05, 0.1) is 4.47 Å². The molecule has 1 N–H and O–H groups in total. The van der Waals surface area contributed by atoms with E-state index in [2.05, 4.69) is 26.3 Å². The standard InChI is InChI=1S/C13H15BrFN3/c14-12-9-11(3-4-13(12)15)10-16-5-1-7-18-8-2-6-17-18/h2-4,6,8-9,16H,1,5,7,10H2. The second-order valence-electron chi connectivity index (χ2n) is 4.05. The van der Waals surface area contributed by atoms with Gasteiger partial charge in [0.1, 0.15) is 5.82 Å². The van der Waals surface area contributed by atoms with E-state index >= 15 is 0 Å². The second kappa shape index (κ2) is 6.66. The van der Waals surface area contributed by atoms with Crippen LogP contribution in [-0.2, 0) is 13.1 Å². The van der Waals surface area contributed by atoms with E-state index in [-0.39, 0.29) is 5.82 Å². The summed E-state index contributed by atoms with van der Waals surface area (Å²) in [6.45, 7) is 2.57. The summed E-state index contributed by atoms with van der Waals surface area (Å²) in [5, 5.41) is 7.46. The van der Waals surface area contributed by atoms with Crippen LogP contribution in [0.1, 0.15) is 12.0 Å². The van der Waals surface area contributed by atoms with Gasteiger partial charge in [0.25, 0.3) is 0 Å². The Kier molecular flexibility index (Phi) is 4.90. The third-order valence-corrected chi connectivity index (χ3v) is 3.22. The average Bonchev–Trinajstić information content (AvgIpc) is 2.86. The highest BCUT2D eigenvalue weighted by Crippen LogP contribution is 2.16. The van der Waals surface area contributed by atoms with Crippen LogP contribution in [0.25, 0.3) is 0 Å². The lowest BCUT2D eigenvalue weighted by atomic mass is 10.2. The molecule has 2 aromatic rings. The maximum atomic E-state index is 13.0. The minimum absolute atomic E-state index is 0.225. The fourth-order valence-electron chi connectivity index (χ4n) is 1.68. The Morgan fingerprint density at radius 3 is 3.00 bits per heavy atom.